The predicted molar refractivity (Wildman–Crippen MR) is 113 cm³/mol. The van der Waals surface area contributed by atoms with Crippen LogP contribution in [0, 0.1) is 0 Å². The van der Waals surface area contributed by atoms with Crippen LogP contribution < -0.4 is 10.5 Å². The summed E-state index contributed by atoms with van der Waals surface area (Å²) in [7, 11) is -7.48. The summed E-state index contributed by atoms with van der Waals surface area (Å²) >= 11 is 6.11. The second-order valence-corrected chi connectivity index (χ2v) is 10.2. The highest BCUT2D eigenvalue weighted by atomic mass is 35.5. The number of carbonyl (C=O) groups excluding carboxylic acids is 1. The topological polar surface area (TPSA) is 127 Å². The Kier molecular flexibility index (Phi) is 7.41. The molecule has 0 aliphatic rings. The molecule has 8 nitrogen and oxygen atoms in total. The molecule has 0 heterocycles. The number of hydrogen-bond donors (Lipinski definition) is 2. The van der Waals surface area contributed by atoms with E-state index in [2.05, 4.69) is 5.32 Å². The molecule has 2 rings (SSSR count). The largest absolute Gasteiger partial charge is 0.322 e. The molecule has 0 unspecified atom stereocenters. The van der Waals surface area contributed by atoms with Crippen molar-refractivity contribution < 1.29 is 21.6 Å². The molecule has 0 saturated heterocycles. The number of rotatable bonds is 8. The van der Waals surface area contributed by atoms with Crippen molar-refractivity contribution in [3.8, 4) is 0 Å². The Labute approximate surface area is 175 Å². The lowest BCUT2D eigenvalue weighted by Crippen LogP contribution is -2.30. The number of halogens is 1. The van der Waals surface area contributed by atoms with E-state index >= 15 is 0 Å². The number of hydrogen-bond acceptors (Lipinski definition) is 5. The van der Waals surface area contributed by atoms with E-state index in [1.807, 2.05) is 0 Å². The van der Waals surface area contributed by atoms with Gasteiger partial charge in [0.05, 0.1) is 21.2 Å². The smallest absolute Gasteiger partial charge is 0.257 e. The van der Waals surface area contributed by atoms with E-state index in [0.29, 0.717) is 24.3 Å². The van der Waals surface area contributed by atoms with Gasteiger partial charge in [-0.1, -0.05) is 37.6 Å². The predicted octanol–water partition coefficient (Wildman–Crippen LogP) is 2.41. The standard InChI is InChI=1S/C18H22ClN3O5S2/c1-3-22(4-2)29(26,27)15-8-9-17(19)16(11-15)18(23)21-14-7-5-6-13(10-14)12-28(20,24)25/h5-11H,3-4,12H2,1-2H3,(H,21,23)(H2,20,24,25). The Morgan fingerprint density at radius 3 is 2.31 bits per heavy atom. The number of nitrogens with two attached hydrogens (primary N) is 1. The molecule has 11 heteroatoms. The number of carbonyl (C=O) groups is 1. The normalized spacial score (nSPS) is 12.2. The first-order chi connectivity index (χ1) is 13.5. The molecule has 0 bridgehead atoms. The monoisotopic (exact) mass is 459 g/mol. The first-order valence-corrected chi connectivity index (χ1v) is 12.2. The van der Waals surface area contributed by atoms with Crippen LogP contribution in [-0.2, 0) is 25.8 Å². The SMILES string of the molecule is CCN(CC)S(=O)(=O)c1ccc(Cl)c(C(=O)Nc2cccc(CS(N)(=O)=O)c2)c1. The van der Waals surface area contributed by atoms with E-state index in [1.165, 1.54) is 28.6 Å². The van der Waals surface area contributed by atoms with Crippen LogP contribution in [0.1, 0.15) is 29.8 Å². The molecule has 3 N–H and O–H groups in total. The van der Waals surface area contributed by atoms with Gasteiger partial charge in [0, 0.05) is 18.8 Å². The summed E-state index contributed by atoms with van der Waals surface area (Å²) < 4.78 is 49.2. The molecule has 158 valence electrons. The van der Waals surface area contributed by atoms with E-state index in [1.54, 1.807) is 32.0 Å². The fourth-order valence-electron chi connectivity index (χ4n) is 2.72. The zero-order chi connectivity index (χ0) is 21.8. The van der Waals surface area contributed by atoms with Crippen molar-refractivity contribution in [2.45, 2.75) is 24.5 Å². The van der Waals surface area contributed by atoms with Crippen molar-refractivity contribution in [1.82, 2.24) is 4.31 Å². The Morgan fingerprint density at radius 1 is 1.07 bits per heavy atom. The molecule has 0 aromatic heterocycles. The lowest BCUT2D eigenvalue weighted by atomic mass is 10.2. The molecule has 29 heavy (non-hydrogen) atoms. The number of sulfonamides is 2. The minimum absolute atomic E-state index is 0.0169. The number of nitrogens with zero attached hydrogens (tertiary/aromatic N) is 1. The quantitative estimate of drug-likeness (QED) is 0.626. The van der Waals surface area contributed by atoms with Gasteiger partial charge in [-0.15, -0.1) is 0 Å². The molecule has 0 spiro atoms. The molecule has 2 aromatic carbocycles. The Balaban J connectivity index is 2.34. The zero-order valence-corrected chi connectivity index (χ0v) is 18.3. The average molecular weight is 460 g/mol. The third-order valence-corrected chi connectivity index (χ3v) is 7.19. The molecule has 0 radical (unpaired) electrons. The van der Waals surface area contributed by atoms with E-state index in [-0.39, 0.29) is 21.2 Å². The Hall–Kier alpha value is -1.98. The first kappa shape index (κ1) is 23.3. The second kappa shape index (κ2) is 9.23. The maximum atomic E-state index is 12.7. The number of primary sulfonamides is 1. The van der Waals surface area contributed by atoms with Crippen LogP contribution in [0.3, 0.4) is 0 Å². The van der Waals surface area contributed by atoms with Crippen molar-refractivity contribution in [3.63, 3.8) is 0 Å². The van der Waals surface area contributed by atoms with Crippen LogP contribution in [0.2, 0.25) is 5.02 Å². The lowest BCUT2D eigenvalue weighted by Gasteiger charge is -2.19. The van der Waals surface area contributed by atoms with Crippen LogP contribution in [0.4, 0.5) is 5.69 Å². The summed E-state index contributed by atoms with van der Waals surface area (Å²) in [5.74, 6) is -1.01. The number of anilines is 1. The third-order valence-electron chi connectivity index (χ3n) is 4.08. The van der Waals surface area contributed by atoms with Crippen molar-refractivity contribution in [2.24, 2.45) is 5.14 Å². The summed E-state index contributed by atoms with van der Waals surface area (Å²) in [6, 6.07) is 10.1. The van der Waals surface area contributed by atoms with Gasteiger partial charge in [-0.2, -0.15) is 4.31 Å². The fourth-order valence-corrected chi connectivity index (χ4v) is 5.05. The van der Waals surface area contributed by atoms with Gasteiger partial charge in [0.2, 0.25) is 20.0 Å². The van der Waals surface area contributed by atoms with Crippen LogP contribution in [-0.4, -0.2) is 40.1 Å². The van der Waals surface area contributed by atoms with Gasteiger partial charge in [0.15, 0.2) is 0 Å². The molecule has 1 amide bonds. The van der Waals surface area contributed by atoms with Gasteiger partial charge >= 0.3 is 0 Å². The van der Waals surface area contributed by atoms with Crippen molar-refractivity contribution in [1.29, 1.82) is 0 Å². The second-order valence-electron chi connectivity index (χ2n) is 6.19. The number of nitrogens with one attached hydrogen (secondary N) is 1. The van der Waals surface area contributed by atoms with Crippen LogP contribution in [0.15, 0.2) is 47.4 Å². The van der Waals surface area contributed by atoms with E-state index in [4.69, 9.17) is 16.7 Å². The molecule has 0 saturated carbocycles. The highest BCUT2D eigenvalue weighted by molar-refractivity contribution is 7.89. The van der Waals surface area contributed by atoms with Gasteiger partial charge in [-0.05, 0) is 35.9 Å². The van der Waals surface area contributed by atoms with Crippen molar-refractivity contribution in [3.05, 3.63) is 58.6 Å². The van der Waals surface area contributed by atoms with Crippen LogP contribution in [0.25, 0.3) is 0 Å². The third kappa shape index (κ3) is 6.00. The average Bonchev–Trinajstić information content (AvgIpc) is 2.61. The number of benzene rings is 2. The van der Waals surface area contributed by atoms with Crippen molar-refractivity contribution in [2.75, 3.05) is 18.4 Å². The molecular formula is C18H22ClN3O5S2. The zero-order valence-electron chi connectivity index (χ0n) is 15.9. The summed E-state index contributed by atoms with van der Waals surface area (Å²) in [6.45, 7) is 4.03. The minimum atomic E-state index is -3.76. The minimum Gasteiger partial charge on any atom is -0.322 e. The summed E-state index contributed by atoms with van der Waals surface area (Å²) in [5.41, 5.74) is 0.704. The molecule has 0 atom stereocenters. The van der Waals surface area contributed by atoms with Crippen molar-refractivity contribution >= 4 is 43.2 Å². The molecule has 0 aliphatic carbocycles. The lowest BCUT2D eigenvalue weighted by molar-refractivity contribution is 0.102. The van der Waals surface area contributed by atoms with Gasteiger partial charge < -0.3 is 5.32 Å². The Bertz CT molecular complexity index is 1110. The molecule has 2 aromatic rings. The summed E-state index contributed by atoms with van der Waals surface area (Å²) in [6.07, 6.45) is 0. The first-order valence-electron chi connectivity index (χ1n) is 8.68. The van der Waals surface area contributed by atoms with Gasteiger partial charge in [-0.25, -0.2) is 22.0 Å². The summed E-state index contributed by atoms with van der Waals surface area (Å²) in [5, 5.41) is 7.72. The maximum absolute atomic E-state index is 12.7. The van der Waals surface area contributed by atoms with E-state index in [9.17, 15) is 21.6 Å². The van der Waals surface area contributed by atoms with E-state index < -0.39 is 26.0 Å². The van der Waals surface area contributed by atoms with Crippen LogP contribution >= 0.6 is 11.6 Å². The summed E-state index contributed by atoms with van der Waals surface area (Å²) in [4.78, 5) is 12.6. The highest BCUT2D eigenvalue weighted by Crippen LogP contribution is 2.24. The van der Waals surface area contributed by atoms with Gasteiger partial charge in [0.25, 0.3) is 5.91 Å². The molecular weight excluding hydrogens is 438 g/mol. The van der Waals surface area contributed by atoms with E-state index in [0.717, 1.165) is 0 Å². The Morgan fingerprint density at radius 2 is 1.72 bits per heavy atom. The van der Waals surface area contributed by atoms with Gasteiger partial charge in [0.1, 0.15) is 0 Å². The van der Waals surface area contributed by atoms with Crippen LogP contribution in [0.5, 0.6) is 0 Å². The molecule has 0 fully saturated rings. The fraction of sp³-hybridized carbons (Fsp3) is 0.278. The van der Waals surface area contributed by atoms with Gasteiger partial charge in [-0.3, -0.25) is 4.79 Å². The molecule has 0 aliphatic heterocycles. The number of amides is 1. The highest BCUT2D eigenvalue weighted by Gasteiger charge is 2.24. The maximum Gasteiger partial charge on any atom is 0.257 e.